The molecule has 0 unspecified atom stereocenters. The Labute approximate surface area is 107 Å². The van der Waals surface area contributed by atoms with Crippen molar-refractivity contribution in [2.45, 2.75) is 12.8 Å². The van der Waals surface area contributed by atoms with Crippen LogP contribution in [0.15, 0.2) is 30.3 Å². The summed E-state index contributed by atoms with van der Waals surface area (Å²) in [7, 11) is 1.42. The zero-order valence-electron chi connectivity index (χ0n) is 9.98. The fourth-order valence-corrected chi connectivity index (χ4v) is 1.61. The number of methoxy groups -OCH3 is 1. The van der Waals surface area contributed by atoms with Crippen LogP contribution in [0.25, 0.3) is 5.69 Å². The van der Waals surface area contributed by atoms with Crippen molar-refractivity contribution in [1.29, 1.82) is 0 Å². The highest BCUT2D eigenvalue weighted by Gasteiger charge is 2.30. The summed E-state index contributed by atoms with van der Waals surface area (Å²) in [4.78, 5) is 0. The van der Waals surface area contributed by atoms with Gasteiger partial charge in [0.05, 0.1) is 30.7 Å². The number of alkyl halides is 3. The molecule has 0 amide bonds. The lowest BCUT2D eigenvalue weighted by Gasteiger charge is -2.09. The summed E-state index contributed by atoms with van der Waals surface area (Å²) in [5, 5.41) is 13.0. The van der Waals surface area contributed by atoms with Crippen LogP contribution >= 0.6 is 0 Å². The number of hydrogen-bond acceptors (Lipinski definition) is 3. The second kappa shape index (κ2) is 4.93. The molecule has 1 aromatic heterocycles. The molecule has 1 heterocycles. The fraction of sp³-hybridized carbons (Fsp3) is 0.250. The van der Waals surface area contributed by atoms with E-state index in [-0.39, 0.29) is 6.61 Å². The van der Waals surface area contributed by atoms with Crippen LogP contribution in [0.3, 0.4) is 0 Å². The summed E-state index contributed by atoms with van der Waals surface area (Å²) in [5.41, 5.74) is 0.0612. The van der Waals surface area contributed by atoms with Crippen molar-refractivity contribution in [1.82, 2.24) is 9.78 Å². The SMILES string of the molecule is COc1cc(CO)nn1-c1ccc(C(F)(F)F)cc1. The van der Waals surface area contributed by atoms with Gasteiger partial charge in [0.1, 0.15) is 0 Å². The van der Waals surface area contributed by atoms with E-state index in [2.05, 4.69) is 5.10 Å². The zero-order valence-corrected chi connectivity index (χ0v) is 9.98. The van der Waals surface area contributed by atoms with E-state index in [9.17, 15) is 13.2 Å². The Balaban J connectivity index is 2.39. The van der Waals surface area contributed by atoms with E-state index in [1.54, 1.807) is 0 Å². The maximum Gasteiger partial charge on any atom is 0.416 e. The van der Waals surface area contributed by atoms with Crippen LogP contribution in [0.1, 0.15) is 11.3 Å². The largest absolute Gasteiger partial charge is 0.481 e. The number of aromatic nitrogens is 2. The molecule has 0 aliphatic rings. The molecule has 102 valence electrons. The van der Waals surface area contributed by atoms with E-state index in [0.717, 1.165) is 12.1 Å². The molecule has 0 aliphatic carbocycles. The Morgan fingerprint density at radius 2 is 1.89 bits per heavy atom. The van der Waals surface area contributed by atoms with Gasteiger partial charge in [0.15, 0.2) is 0 Å². The Kier molecular flexibility index (Phi) is 3.48. The number of rotatable bonds is 3. The van der Waals surface area contributed by atoms with Gasteiger partial charge in [0.2, 0.25) is 5.88 Å². The molecular weight excluding hydrogens is 261 g/mol. The molecule has 0 saturated heterocycles. The van der Waals surface area contributed by atoms with Crippen molar-refractivity contribution in [3.8, 4) is 11.6 Å². The molecule has 2 rings (SSSR count). The Hall–Kier alpha value is -2.02. The number of hydrogen-bond donors (Lipinski definition) is 1. The van der Waals surface area contributed by atoms with Crippen LogP contribution < -0.4 is 4.74 Å². The van der Waals surface area contributed by atoms with Gasteiger partial charge in [-0.2, -0.15) is 18.3 Å². The van der Waals surface area contributed by atoms with Gasteiger partial charge >= 0.3 is 6.18 Å². The third-order valence-electron chi connectivity index (χ3n) is 2.54. The van der Waals surface area contributed by atoms with Gasteiger partial charge in [-0.25, -0.2) is 4.68 Å². The number of halogens is 3. The molecule has 1 N–H and O–H groups in total. The molecule has 0 saturated carbocycles. The summed E-state index contributed by atoms with van der Waals surface area (Å²) in [6, 6.07) is 6.03. The first-order chi connectivity index (χ1) is 8.95. The van der Waals surface area contributed by atoms with Crippen molar-refractivity contribution in [3.63, 3.8) is 0 Å². The molecule has 0 spiro atoms. The minimum absolute atomic E-state index is 0.274. The molecule has 7 heteroatoms. The predicted molar refractivity (Wildman–Crippen MR) is 61.0 cm³/mol. The monoisotopic (exact) mass is 272 g/mol. The van der Waals surface area contributed by atoms with Gasteiger partial charge in [-0.05, 0) is 24.3 Å². The molecule has 19 heavy (non-hydrogen) atoms. The first kappa shape index (κ1) is 13.4. The van der Waals surface area contributed by atoms with E-state index in [1.165, 1.54) is 30.0 Å². The van der Waals surface area contributed by atoms with Gasteiger partial charge in [-0.15, -0.1) is 0 Å². The summed E-state index contributed by atoms with van der Waals surface area (Å²) in [5.74, 6) is 0.337. The van der Waals surface area contributed by atoms with Crippen molar-refractivity contribution in [3.05, 3.63) is 41.6 Å². The van der Waals surface area contributed by atoms with Crippen LogP contribution in [0.4, 0.5) is 13.2 Å². The molecule has 0 bridgehead atoms. The highest BCUT2D eigenvalue weighted by Crippen LogP contribution is 2.30. The highest BCUT2D eigenvalue weighted by molar-refractivity contribution is 5.38. The minimum atomic E-state index is -4.37. The second-order valence-electron chi connectivity index (χ2n) is 3.79. The Morgan fingerprint density at radius 3 is 2.37 bits per heavy atom. The van der Waals surface area contributed by atoms with Crippen LogP contribution in [0.2, 0.25) is 0 Å². The summed E-state index contributed by atoms with van der Waals surface area (Å²) in [6.07, 6.45) is -4.37. The van der Waals surface area contributed by atoms with Gasteiger partial charge < -0.3 is 9.84 Å². The number of benzene rings is 1. The lowest BCUT2D eigenvalue weighted by atomic mass is 10.2. The molecule has 0 radical (unpaired) electrons. The van der Waals surface area contributed by atoms with E-state index in [1.807, 2.05) is 0 Å². The van der Waals surface area contributed by atoms with E-state index < -0.39 is 11.7 Å². The normalized spacial score (nSPS) is 11.6. The predicted octanol–water partition coefficient (Wildman–Crippen LogP) is 2.39. The summed E-state index contributed by atoms with van der Waals surface area (Å²) >= 11 is 0. The van der Waals surface area contributed by atoms with E-state index in [4.69, 9.17) is 9.84 Å². The minimum Gasteiger partial charge on any atom is -0.481 e. The smallest absolute Gasteiger partial charge is 0.416 e. The van der Waals surface area contributed by atoms with Crippen LogP contribution in [-0.4, -0.2) is 22.0 Å². The molecule has 0 fully saturated rings. The van der Waals surface area contributed by atoms with Crippen LogP contribution in [0.5, 0.6) is 5.88 Å². The first-order valence-corrected chi connectivity index (χ1v) is 5.37. The maximum absolute atomic E-state index is 12.4. The maximum atomic E-state index is 12.4. The molecule has 1 aromatic carbocycles. The van der Waals surface area contributed by atoms with Crippen molar-refractivity contribution in [2.24, 2.45) is 0 Å². The average molecular weight is 272 g/mol. The standard InChI is InChI=1S/C12H11F3N2O2/c1-19-11-6-9(7-18)16-17(11)10-4-2-8(3-5-10)12(13,14)15/h2-6,18H,7H2,1H3. The summed E-state index contributed by atoms with van der Waals surface area (Å²) in [6.45, 7) is -0.274. The van der Waals surface area contributed by atoms with Crippen molar-refractivity contribution in [2.75, 3.05) is 7.11 Å². The first-order valence-electron chi connectivity index (χ1n) is 5.37. The van der Waals surface area contributed by atoms with E-state index in [0.29, 0.717) is 17.3 Å². The van der Waals surface area contributed by atoms with Crippen LogP contribution in [-0.2, 0) is 12.8 Å². The van der Waals surface area contributed by atoms with Crippen molar-refractivity contribution < 1.29 is 23.0 Å². The third kappa shape index (κ3) is 2.70. The lowest BCUT2D eigenvalue weighted by Crippen LogP contribution is -2.06. The zero-order chi connectivity index (χ0) is 14.0. The molecule has 4 nitrogen and oxygen atoms in total. The van der Waals surface area contributed by atoms with Gasteiger partial charge in [0.25, 0.3) is 0 Å². The Bertz CT molecular complexity index is 561. The summed E-state index contributed by atoms with van der Waals surface area (Å²) < 4.78 is 43.7. The van der Waals surface area contributed by atoms with E-state index >= 15 is 0 Å². The lowest BCUT2D eigenvalue weighted by molar-refractivity contribution is -0.137. The van der Waals surface area contributed by atoms with Gasteiger partial charge in [0, 0.05) is 6.07 Å². The molecule has 0 atom stereocenters. The average Bonchev–Trinajstić information content (AvgIpc) is 2.81. The highest BCUT2D eigenvalue weighted by atomic mass is 19.4. The van der Waals surface area contributed by atoms with Crippen molar-refractivity contribution >= 4 is 0 Å². The number of nitrogens with zero attached hydrogens (tertiary/aromatic N) is 2. The van der Waals surface area contributed by atoms with Crippen LogP contribution in [0, 0.1) is 0 Å². The van der Waals surface area contributed by atoms with Gasteiger partial charge in [-0.1, -0.05) is 0 Å². The number of aliphatic hydroxyl groups is 1. The fourth-order valence-electron chi connectivity index (χ4n) is 1.61. The molecular formula is C12H11F3N2O2. The Morgan fingerprint density at radius 1 is 1.26 bits per heavy atom. The number of aliphatic hydroxyl groups excluding tert-OH is 1. The third-order valence-corrected chi connectivity index (χ3v) is 2.54. The molecule has 2 aromatic rings. The van der Waals surface area contributed by atoms with Gasteiger partial charge in [-0.3, -0.25) is 0 Å². The molecule has 0 aliphatic heterocycles. The second-order valence-corrected chi connectivity index (χ2v) is 3.79. The number of ether oxygens (including phenoxy) is 1. The topological polar surface area (TPSA) is 47.3 Å². The quantitative estimate of drug-likeness (QED) is 0.933.